The average Bonchev–Trinajstić information content (AvgIpc) is 2.29. The molecular formula is C12H12Cl2O2. The van der Waals surface area contributed by atoms with E-state index in [0.717, 1.165) is 0 Å². The molecule has 0 amide bonds. The van der Waals surface area contributed by atoms with Gasteiger partial charge in [-0.25, -0.2) is 0 Å². The lowest BCUT2D eigenvalue weighted by molar-refractivity contribution is 0.340. The SMILES string of the molecule is C=CCOc1ccc(Cl)c(Cl)c1/C=C/OC. The highest BCUT2D eigenvalue weighted by molar-refractivity contribution is 6.43. The second kappa shape index (κ2) is 6.46. The Bertz CT molecular complexity index is 400. The molecule has 0 N–H and O–H groups in total. The van der Waals surface area contributed by atoms with Crippen LogP contribution in [0.1, 0.15) is 5.56 Å². The van der Waals surface area contributed by atoms with Crippen molar-refractivity contribution in [2.75, 3.05) is 13.7 Å². The van der Waals surface area contributed by atoms with Crippen molar-refractivity contribution in [1.29, 1.82) is 0 Å². The van der Waals surface area contributed by atoms with Crippen LogP contribution in [-0.2, 0) is 4.74 Å². The zero-order valence-corrected chi connectivity index (χ0v) is 10.4. The molecule has 86 valence electrons. The number of hydrogen-bond acceptors (Lipinski definition) is 2. The quantitative estimate of drug-likeness (QED) is 0.583. The molecule has 4 heteroatoms. The maximum Gasteiger partial charge on any atom is 0.128 e. The van der Waals surface area contributed by atoms with E-state index in [1.165, 1.54) is 6.26 Å². The molecule has 0 aliphatic carbocycles. The first-order valence-corrected chi connectivity index (χ1v) is 5.37. The molecule has 0 saturated carbocycles. The van der Waals surface area contributed by atoms with Crippen LogP contribution in [-0.4, -0.2) is 13.7 Å². The summed E-state index contributed by atoms with van der Waals surface area (Å²) in [6.45, 7) is 3.99. The number of rotatable bonds is 5. The molecule has 0 aromatic heterocycles. The van der Waals surface area contributed by atoms with Crippen molar-refractivity contribution in [3.8, 4) is 5.75 Å². The van der Waals surface area contributed by atoms with E-state index in [9.17, 15) is 0 Å². The van der Waals surface area contributed by atoms with Crippen LogP contribution >= 0.6 is 23.2 Å². The maximum atomic E-state index is 6.07. The highest BCUT2D eigenvalue weighted by Gasteiger charge is 2.09. The largest absolute Gasteiger partial charge is 0.504 e. The minimum absolute atomic E-state index is 0.409. The van der Waals surface area contributed by atoms with Crippen molar-refractivity contribution in [1.82, 2.24) is 0 Å². The van der Waals surface area contributed by atoms with Crippen LogP contribution in [0.5, 0.6) is 5.75 Å². The van der Waals surface area contributed by atoms with E-state index in [2.05, 4.69) is 6.58 Å². The lowest BCUT2D eigenvalue weighted by Gasteiger charge is -2.09. The van der Waals surface area contributed by atoms with Crippen LogP contribution in [0.2, 0.25) is 10.0 Å². The Hall–Kier alpha value is -1.12. The smallest absolute Gasteiger partial charge is 0.128 e. The van der Waals surface area contributed by atoms with Gasteiger partial charge in [-0.1, -0.05) is 35.9 Å². The predicted octanol–water partition coefficient (Wildman–Crippen LogP) is 4.18. The molecule has 0 heterocycles. The molecule has 0 aliphatic heterocycles. The van der Waals surface area contributed by atoms with Gasteiger partial charge in [0.2, 0.25) is 0 Å². The molecule has 1 rings (SSSR count). The van der Waals surface area contributed by atoms with E-state index in [0.29, 0.717) is 28.0 Å². The van der Waals surface area contributed by atoms with Gasteiger partial charge in [0.1, 0.15) is 12.4 Å². The van der Waals surface area contributed by atoms with Crippen molar-refractivity contribution in [2.45, 2.75) is 0 Å². The van der Waals surface area contributed by atoms with Gasteiger partial charge in [-0.2, -0.15) is 0 Å². The average molecular weight is 259 g/mol. The highest BCUT2D eigenvalue weighted by Crippen LogP contribution is 2.34. The van der Waals surface area contributed by atoms with Crippen LogP contribution in [0.3, 0.4) is 0 Å². The molecule has 2 nitrogen and oxygen atoms in total. The fraction of sp³-hybridized carbons (Fsp3) is 0.167. The van der Waals surface area contributed by atoms with Gasteiger partial charge < -0.3 is 9.47 Å². The molecule has 0 radical (unpaired) electrons. The molecule has 0 aliphatic rings. The molecular weight excluding hydrogens is 247 g/mol. The Labute approximate surface area is 105 Å². The first-order chi connectivity index (χ1) is 7.70. The standard InChI is InChI=1S/C12H12Cl2O2/c1-3-7-16-11-5-4-10(13)12(14)9(11)6-8-15-2/h3-6,8H,1,7H2,2H3/b8-6+. The monoisotopic (exact) mass is 258 g/mol. The topological polar surface area (TPSA) is 18.5 Å². The minimum atomic E-state index is 0.409. The third kappa shape index (κ3) is 3.19. The molecule has 0 saturated heterocycles. The number of halogens is 2. The Morgan fingerprint density at radius 1 is 1.38 bits per heavy atom. The van der Waals surface area contributed by atoms with Crippen molar-refractivity contribution in [2.24, 2.45) is 0 Å². The maximum absolute atomic E-state index is 6.07. The minimum Gasteiger partial charge on any atom is -0.504 e. The fourth-order valence-corrected chi connectivity index (χ4v) is 1.50. The fourth-order valence-electron chi connectivity index (χ4n) is 1.11. The highest BCUT2D eigenvalue weighted by atomic mass is 35.5. The number of methoxy groups -OCH3 is 1. The van der Waals surface area contributed by atoms with Crippen LogP contribution < -0.4 is 4.74 Å². The van der Waals surface area contributed by atoms with Crippen molar-refractivity contribution in [3.05, 3.63) is 46.7 Å². The first-order valence-electron chi connectivity index (χ1n) is 4.61. The third-order valence-electron chi connectivity index (χ3n) is 1.82. The van der Waals surface area contributed by atoms with Gasteiger partial charge in [0, 0.05) is 5.56 Å². The summed E-state index contributed by atoms with van der Waals surface area (Å²) in [7, 11) is 1.55. The molecule has 0 bridgehead atoms. The van der Waals surface area contributed by atoms with Crippen LogP contribution in [0.25, 0.3) is 6.08 Å². The van der Waals surface area contributed by atoms with Gasteiger partial charge in [0.25, 0.3) is 0 Å². The summed E-state index contributed by atoms with van der Waals surface area (Å²) in [4.78, 5) is 0. The zero-order chi connectivity index (χ0) is 12.0. The van der Waals surface area contributed by atoms with Crippen LogP contribution in [0.4, 0.5) is 0 Å². The van der Waals surface area contributed by atoms with Gasteiger partial charge in [0.15, 0.2) is 0 Å². The predicted molar refractivity (Wildman–Crippen MR) is 68.2 cm³/mol. The number of ether oxygens (including phenoxy) is 2. The van der Waals surface area contributed by atoms with Gasteiger partial charge in [-0.15, -0.1) is 0 Å². The summed E-state index contributed by atoms with van der Waals surface area (Å²) in [5, 5.41) is 0.917. The van der Waals surface area contributed by atoms with Crippen LogP contribution in [0.15, 0.2) is 31.0 Å². The molecule has 1 aromatic carbocycles. The van der Waals surface area contributed by atoms with E-state index >= 15 is 0 Å². The first kappa shape index (κ1) is 12.9. The number of hydrogen-bond donors (Lipinski definition) is 0. The summed E-state index contributed by atoms with van der Waals surface area (Å²) >= 11 is 12.0. The zero-order valence-electron chi connectivity index (χ0n) is 8.87. The van der Waals surface area contributed by atoms with E-state index in [1.54, 1.807) is 31.4 Å². The third-order valence-corrected chi connectivity index (χ3v) is 2.64. The van der Waals surface area contributed by atoms with Crippen LogP contribution in [0, 0.1) is 0 Å². The van der Waals surface area contributed by atoms with E-state index in [4.69, 9.17) is 32.7 Å². The molecule has 0 fully saturated rings. The van der Waals surface area contributed by atoms with Gasteiger partial charge in [-0.3, -0.25) is 0 Å². The Kier molecular flexibility index (Phi) is 5.23. The lowest BCUT2D eigenvalue weighted by Crippen LogP contribution is -1.95. The van der Waals surface area contributed by atoms with Crippen molar-refractivity contribution in [3.63, 3.8) is 0 Å². The summed E-state index contributed by atoms with van der Waals surface area (Å²) in [5.74, 6) is 0.641. The molecule has 0 atom stereocenters. The summed E-state index contributed by atoms with van der Waals surface area (Å²) in [6, 6.07) is 3.44. The van der Waals surface area contributed by atoms with Crippen molar-refractivity contribution < 1.29 is 9.47 Å². The van der Waals surface area contributed by atoms with Crippen molar-refractivity contribution >= 4 is 29.3 Å². The second-order valence-corrected chi connectivity index (χ2v) is 3.70. The summed E-state index contributed by atoms with van der Waals surface area (Å²) in [5.41, 5.74) is 0.692. The van der Waals surface area contributed by atoms with Gasteiger partial charge in [0.05, 0.1) is 23.4 Å². The van der Waals surface area contributed by atoms with E-state index in [-0.39, 0.29) is 0 Å². The molecule has 1 aromatic rings. The van der Waals surface area contributed by atoms with E-state index in [1.807, 2.05) is 0 Å². The second-order valence-electron chi connectivity index (χ2n) is 2.91. The Morgan fingerprint density at radius 3 is 2.75 bits per heavy atom. The summed E-state index contributed by atoms with van der Waals surface area (Å²) < 4.78 is 10.3. The Morgan fingerprint density at radius 2 is 2.12 bits per heavy atom. The lowest BCUT2D eigenvalue weighted by atomic mass is 10.2. The molecule has 0 spiro atoms. The normalized spacial score (nSPS) is 10.4. The summed E-state index contributed by atoms with van der Waals surface area (Å²) in [6.07, 6.45) is 4.87. The number of benzene rings is 1. The van der Waals surface area contributed by atoms with Gasteiger partial charge >= 0.3 is 0 Å². The molecule has 16 heavy (non-hydrogen) atoms. The van der Waals surface area contributed by atoms with E-state index < -0.39 is 0 Å². The molecule has 0 unspecified atom stereocenters. The Balaban J connectivity index is 3.10. The van der Waals surface area contributed by atoms with Gasteiger partial charge in [-0.05, 0) is 18.2 Å².